The number of nitrogens with zero attached hydrogens (tertiary/aromatic N) is 2. The van der Waals surface area contributed by atoms with Crippen LogP contribution in [-0.2, 0) is 6.54 Å². The molecule has 2 aromatic heterocycles. The zero-order valence-corrected chi connectivity index (χ0v) is 12.4. The normalized spacial score (nSPS) is 18.8. The summed E-state index contributed by atoms with van der Waals surface area (Å²) in [6.45, 7) is 4.82. The molecule has 0 amide bonds. The van der Waals surface area contributed by atoms with Gasteiger partial charge in [0.15, 0.2) is 0 Å². The van der Waals surface area contributed by atoms with Gasteiger partial charge in [0.1, 0.15) is 11.5 Å². The third-order valence-electron chi connectivity index (χ3n) is 4.25. The van der Waals surface area contributed by atoms with Gasteiger partial charge in [-0.25, -0.2) is 0 Å². The molecule has 1 saturated heterocycles. The molecule has 0 bridgehead atoms. The van der Waals surface area contributed by atoms with Gasteiger partial charge in [0.25, 0.3) is 0 Å². The number of hydrogen-bond donors (Lipinski definition) is 1. The van der Waals surface area contributed by atoms with Crippen LogP contribution in [-0.4, -0.2) is 28.1 Å². The molecule has 1 N–H and O–H groups in total. The summed E-state index contributed by atoms with van der Waals surface area (Å²) >= 11 is 0. The number of hydrogen-bond acceptors (Lipinski definition) is 4. The van der Waals surface area contributed by atoms with Crippen LogP contribution in [0, 0.1) is 12.8 Å². The molecule has 0 aromatic carbocycles. The van der Waals surface area contributed by atoms with Crippen LogP contribution < -0.4 is 0 Å². The van der Waals surface area contributed by atoms with Gasteiger partial charge in [0.05, 0.1) is 18.3 Å². The Hall–Kier alpha value is -1.65. The first kappa shape index (κ1) is 14.3. The molecule has 1 fully saturated rings. The van der Waals surface area contributed by atoms with E-state index in [4.69, 9.17) is 4.42 Å². The van der Waals surface area contributed by atoms with E-state index in [1.54, 1.807) is 6.20 Å². The van der Waals surface area contributed by atoms with Gasteiger partial charge in [0, 0.05) is 6.20 Å². The average molecular weight is 286 g/mol. The predicted octanol–water partition coefficient (Wildman–Crippen LogP) is 2.93. The minimum Gasteiger partial charge on any atom is -0.465 e. The largest absolute Gasteiger partial charge is 0.465 e. The molecule has 0 saturated carbocycles. The van der Waals surface area contributed by atoms with Crippen molar-refractivity contribution in [3.63, 3.8) is 0 Å². The molecule has 3 rings (SSSR count). The molecule has 0 aliphatic carbocycles. The first-order valence-corrected chi connectivity index (χ1v) is 7.59. The highest BCUT2D eigenvalue weighted by atomic mass is 16.3. The fourth-order valence-electron chi connectivity index (χ4n) is 3.01. The van der Waals surface area contributed by atoms with E-state index in [-0.39, 0.29) is 0 Å². The first-order valence-electron chi connectivity index (χ1n) is 7.59. The smallest absolute Gasteiger partial charge is 0.118 e. The molecule has 0 unspecified atom stereocenters. The maximum atomic E-state index is 10.4. The van der Waals surface area contributed by atoms with Crippen molar-refractivity contribution in [1.82, 2.24) is 9.88 Å². The van der Waals surface area contributed by atoms with E-state index in [0.717, 1.165) is 49.7 Å². The Morgan fingerprint density at radius 1 is 1.29 bits per heavy atom. The van der Waals surface area contributed by atoms with Crippen molar-refractivity contribution in [1.29, 1.82) is 0 Å². The standard InChI is InChI=1S/C17H22N2O2/c1-13-5-6-15(21-13)12-19-10-7-14(8-11-19)17(20)16-4-2-3-9-18-16/h2-6,9,14,17,20H,7-8,10-12H2,1H3/t17-/m1/s1. The Balaban J connectivity index is 1.53. The molecule has 0 spiro atoms. The van der Waals surface area contributed by atoms with Gasteiger partial charge in [-0.15, -0.1) is 0 Å². The Kier molecular flexibility index (Phi) is 4.36. The van der Waals surface area contributed by atoms with Crippen LogP contribution in [0.2, 0.25) is 0 Å². The van der Waals surface area contributed by atoms with Crippen molar-refractivity contribution >= 4 is 0 Å². The summed E-state index contributed by atoms with van der Waals surface area (Å²) in [6, 6.07) is 9.77. The van der Waals surface area contributed by atoms with Crippen LogP contribution in [0.25, 0.3) is 0 Å². The van der Waals surface area contributed by atoms with Crippen molar-refractivity contribution < 1.29 is 9.52 Å². The number of piperidine rings is 1. The van der Waals surface area contributed by atoms with Crippen molar-refractivity contribution in [3.05, 3.63) is 53.7 Å². The van der Waals surface area contributed by atoms with Gasteiger partial charge in [0.2, 0.25) is 0 Å². The Morgan fingerprint density at radius 2 is 2.10 bits per heavy atom. The summed E-state index contributed by atoms with van der Waals surface area (Å²) in [4.78, 5) is 6.65. The lowest BCUT2D eigenvalue weighted by molar-refractivity contribution is 0.0521. The highest BCUT2D eigenvalue weighted by molar-refractivity contribution is 5.08. The van der Waals surface area contributed by atoms with Gasteiger partial charge < -0.3 is 9.52 Å². The minimum absolute atomic E-state index is 0.300. The van der Waals surface area contributed by atoms with Crippen LogP contribution in [0.4, 0.5) is 0 Å². The molecule has 4 nitrogen and oxygen atoms in total. The summed E-state index contributed by atoms with van der Waals surface area (Å²) in [7, 11) is 0. The number of aliphatic hydroxyl groups excluding tert-OH is 1. The number of aromatic nitrogens is 1. The highest BCUT2D eigenvalue weighted by Crippen LogP contribution is 2.30. The van der Waals surface area contributed by atoms with E-state index in [2.05, 4.69) is 9.88 Å². The molecular weight excluding hydrogens is 264 g/mol. The Morgan fingerprint density at radius 3 is 2.71 bits per heavy atom. The lowest BCUT2D eigenvalue weighted by Crippen LogP contribution is -2.35. The Bertz CT molecular complexity index is 559. The molecular formula is C17H22N2O2. The molecule has 1 aliphatic rings. The zero-order valence-electron chi connectivity index (χ0n) is 12.4. The second-order valence-electron chi connectivity index (χ2n) is 5.83. The summed E-state index contributed by atoms with van der Waals surface area (Å²) < 4.78 is 5.63. The van der Waals surface area contributed by atoms with E-state index in [1.165, 1.54) is 0 Å². The average Bonchev–Trinajstić information content (AvgIpc) is 2.93. The molecule has 21 heavy (non-hydrogen) atoms. The van der Waals surface area contributed by atoms with Gasteiger partial charge >= 0.3 is 0 Å². The zero-order chi connectivity index (χ0) is 14.7. The number of pyridine rings is 1. The molecule has 112 valence electrons. The topological polar surface area (TPSA) is 49.5 Å². The minimum atomic E-state index is -0.445. The summed E-state index contributed by atoms with van der Waals surface area (Å²) in [5, 5.41) is 10.4. The van der Waals surface area contributed by atoms with Crippen molar-refractivity contribution in [2.24, 2.45) is 5.92 Å². The number of aryl methyl sites for hydroxylation is 1. The summed E-state index contributed by atoms with van der Waals surface area (Å²) in [5.74, 6) is 2.29. The third-order valence-corrected chi connectivity index (χ3v) is 4.25. The highest BCUT2D eigenvalue weighted by Gasteiger charge is 2.27. The van der Waals surface area contributed by atoms with Crippen molar-refractivity contribution in [2.75, 3.05) is 13.1 Å². The number of aliphatic hydroxyl groups is 1. The predicted molar refractivity (Wildman–Crippen MR) is 80.6 cm³/mol. The summed E-state index contributed by atoms with van der Waals surface area (Å²) in [5.41, 5.74) is 0.789. The van der Waals surface area contributed by atoms with Gasteiger partial charge in [-0.1, -0.05) is 6.07 Å². The molecule has 4 heteroatoms. The maximum Gasteiger partial charge on any atom is 0.118 e. The SMILES string of the molecule is Cc1ccc(CN2CCC([C@@H](O)c3ccccn3)CC2)o1. The van der Waals surface area contributed by atoms with Gasteiger partial charge in [-0.2, -0.15) is 0 Å². The third kappa shape index (κ3) is 3.52. The second kappa shape index (κ2) is 6.41. The van der Waals surface area contributed by atoms with Crippen LogP contribution in [0.15, 0.2) is 40.9 Å². The van der Waals surface area contributed by atoms with Crippen LogP contribution in [0.1, 0.15) is 36.2 Å². The lowest BCUT2D eigenvalue weighted by Gasteiger charge is -2.33. The summed E-state index contributed by atoms with van der Waals surface area (Å²) in [6.07, 6.45) is 3.29. The van der Waals surface area contributed by atoms with Crippen molar-refractivity contribution in [2.45, 2.75) is 32.4 Å². The van der Waals surface area contributed by atoms with Gasteiger partial charge in [-0.05, 0) is 63.0 Å². The van der Waals surface area contributed by atoms with Crippen LogP contribution >= 0.6 is 0 Å². The van der Waals surface area contributed by atoms with E-state index in [9.17, 15) is 5.11 Å². The van der Waals surface area contributed by atoms with E-state index in [1.807, 2.05) is 37.3 Å². The van der Waals surface area contributed by atoms with E-state index < -0.39 is 6.10 Å². The monoisotopic (exact) mass is 286 g/mol. The maximum absolute atomic E-state index is 10.4. The number of rotatable bonds is 4. The van der Waals surface area contributed by atoms with Gasteiger partial charge in [-0.3, -0.25) is 9.88 Å². The second-order valence-corrected chi connectivity index (χ2v) is 5.83. The lowest BCUT2D eigenvalue weighted by atomic mass is 9.89. The quantitative estimate of drug-likeness (QED) is 0.939. The number of furan rings is 1. The molecule has 3 heterocycles. The molecule has 1 aliphatic heterocycles. The van der Waals surface area contributed by atoms with E-state index >= 15 is 0 Å². The molecule has 2 aromatic rings. The Labute approximate surface area is 125 Å². The molecule has 1 atom stereocenters. The fourth-order valence-corrected chi connectivity index (χ4v) is 3.01. The van der Waals surface area contributed by atoms with E-state index in [0.29, 0.717) is 5.92 Å². The van der Waals surface area contributed by atoms with Crippen LogP contribution in [0.5, 0.6) is 0 Å². The van der Waals surface area contributed by atoms with Crippen molar-refractivity contribution in [3.8, 4) is 0 Å². The fraction of sp³-hybridized carbons (Fsp3) is 0.471. The first-order chi connectivity index (χ1) is 10.2. The van der Waals surface area contributed by atoms with Crippen LogP contribution in [0.3, 0.4) is 0 Å². The molecule has 0 radical (unpaired) electrons. The number of likely N-dealkylation sites (tertiary alicyclic amines) is 1.